The molecule has 13 heavy (non-hydrogen) atoms. The molecule has 2 rings (SSSR count). The molecule has 0 radical (unpaired) electrons. The van der Waals surface area contributed by atoms with Crippen molar-refractivity contribution in [1.82, 2.24) is 15.0 Å². The van der Waals surface area contributed by atoms with E-state index in [9.17, 15) is 0 Å². The molecule has 2 heterocycles. The summed E-state index contributed by atoms with van der Waals surface area (Å²) in [6.07, 6.45) is 1.83. The summed E-state index contributed by atoms with van der Waals surface area (Å²) in [5, 5.41) is 7.52. The average molecular weight is 199 g/mol. The summed E-state index contributed by atoms with van der Waals surface area (Å²) in [7, 11) is 0. The molecule has 0 unspecified atom stereocenters. The Balaban J connectivity index is 2.49. The maximum Gasteiger partial charge on any atom is 0.215 e. The Kier molecular flexibility index (Phi) is 2.00. The smallest absolute Gasteiger partial charge is 0.215 e. The van der Waals surface area contributed by atoms with Crippen LogP contribution in [0.4, 0.5) is 0 Å². The lowest BCUT2D eigenvalue weighted by atomic mass is 10.2. The van der Waals surface area contributed by atoms with E-state index >= 15 is 0 Å². The summed E-state index contributed by atoms with van der Waals surface area (Å²) in [4.78, 5) is 4.29. The zero-order valence-corrected chi connectivity index (χ0v) is 8.34. The number of fused-ring (bicyclic) bond motifs is 1. The predicted molar refractivity (Wildman–Crippen MR) is 51.8 cm³/mol. The Morgan fingerprint density at radius 1 is 1.62 bits per heavy atom. The quantitative estimate of drug-likeness (QED) is 0.695. The molecule has 1 aromatic rings. The van der Waals surface area contributed by atoms with E-state index in [1.807, 2.05) is 10.9 Å². The number of halogens is 1. The lowest BCUT2D eigenvalue weighted by Gasteiger charge is -2.14. The molecule has 1 aliphatic rings. The maximum absolute atomic E-state index is 5.77. The van der Waals surface area contributed by atoms with Crippen LogP contribution in [-0.2, 0) is 6.54 Å². The molecule has 1 N–H and O–H groups in total. The summed E-state index contributed by atoms with van der Waals surface area (Å²) in [6, 6.07) is 0. The topological polar surface area (TPSA) is 42.2 Å². The number of hydrogen-bond donors (Lipinski definition) is 1. The van der Waals surface area contributed by atoms with Crippen molar-refractivity contribution in [2.75, 3.05) is 0 Å². The van der Waals surface area contributed by atoms with Crippen LogP contribution in [0.3, 0.4) is 0 Å². The SMILES string of the molecule is CC(C)c1ncc2n1N=C(Cl)NC2. The van der Waals surface area contributed by atoms with Gasteiger partial charge in [-0.1, -0.05) is 13.8 Å². The van der Waals surface area contributed by atoms with Crippen molar-refractivity contribution >= 4 is 16.9 Å². The molecule has 0 saturated carbocycles. The summed E-state index contributed by atoms with van der Waals surface area (Å²) < 4.78 is 1.81. The molecule has 1 aliphatic heterocycles. The van der Waals surface area contributed by atoms with Crippen LogP contribution >= 0.6 is 11.6 Å². The molecule has 0 spiro atoms. The van der Waals surface area contributed by atoms with Crippen molar-refractivity contribution in [3.63, 3.8) is 0 Å². The third-order valence-electron chi connectivity index (χ3n) is 1.95. The van der Waals surface area contributed by atoms with Gasteiger partial charge in [0.15, 0.2) is 0 Å². The van der Waals surface area contributed by atoms with E-state index in [4.69, 9.17) is 11.6 Å². The van der Waals surface area contributed by atoms with E-state index in [2.05, 4.69) is 29.2 Å². The van der Waals surface area contributed by atoms with Crippen molar-refractivity contribution in [2.45, 2.75) is 26.3 Å². The Morgan fingerprint density at radius 2 is 2.38 bits per heavy atom. The van der Waals surface area contributed by atoms with E-state index in [0.29, 0.717) is 17.8 Å². The van der Waals surface area contributed by atoms with Crippen molar-refractivity contribution in [3.05, 3.63) is 17.7 Å². The van der Waals surface area contributed by atoms with Gasteiger partial charge >= 0.3 is 0 Å². The highest BCUT2D eigenvalue weighted by molar-refractivity contribution is 6.64. The normalized spacial score (nSPS) is 15.2. The first kappa shape index (κ1) is 8.56. The highest BCUT2D eigenvalue weighted by Gasteiger charge is 2.16. The third kappa shape index (κ3) is 1.42. The van der Waals surface area contributed by atoms with Gasteiger partial charge in [-0.3, -0.25) is 0 Å². The van der Waals surface area contributed by atoms with Crippen LogP contribution in [0.2, 0.25) is 0 Å². The summed E-state index contributed by atoms with van der Waals surface area (Å²) in [6.45, 7) is 4.87. The fourth-order valence-corrected chi connectivity index (χ4v) is 1.46. The van der Waals surface area contributed by atoms with Gasteiger partial charge in [-0.15, -0.1) is 5.10 Å². The molecule has 0 saturated heterocycles. The van der Waals surface area contributed by atoms with E-state index in [1.54, 1.807) is 0 Å². The van der Waals surface area contributed by atoms with Crippen LogP contribution in [0.5, 0.6) is 0 Å². The van der Waals surface area contributed by atoms with Crippen LogP contribution < -0.4 is 5.32 Å². The van der Waals surface area contributed by atoms with E-state index in [1.165, 1.54) is 0 Å². The van der Waals surface area contributed by atoms with Crippen molar-refractivity contribution < 1.29 is 0 Å². The summed E-state index contributed by atoms with van der Waals surface area (Å²) in [5.41, 5.74) is 1.05. The second-order valence-electron chi connectivity index (χ2n) is 3.32. The lowest BCUT2D eigenvalue weighted by Crippen LogP contribution is -2.25. The van der Waals surface area contributed by atoms with Gasteiger partial charge in [-0.05, 0) is 11.6 Å². The largest absolute Gasteiger partial charge is 0.353 e. The molecular weight excluding hydrogens is 188 g/mol. The minimum atomic E-state index is 0.361. The zero-order chi connectivity index (χ0) is 9.42. The third-order valence-corrected chi connectivity index (χ3v) is 2.16. The van der Waals surface area contributed by atoms with Crippen molar-refractivity contribution in [1.29, 1.82) is 0 Å². The van der Waals surface area contributed by atoms with Gasteiger partial charge in [-0.25, -0.2) is 9.66 Å². The molecule has 0 amide bonds. The molecule has 0 atom stereocenters. The number of nitrogens with one attached hydrogen (secondary N) is 1. The van der Waals surface area contributed by atoms with Gasteiger partial charge in [0.2, 0.25) is 5.29 Å². The minimum absolute atomic E-state index is 0.361. The summed E-state index contributed by atoms with van der Waals surface area (Å²) >= 11 is 5.77. The van der Waals surface area contributed by atoms with Gasteiger partial charge < -0.3 is 5.32 Å². The van der Waals surface area contributed by atoms with Crippen LogP contribution in [0.15, 0.2) is 11.3 Å². The molecule has 0 bridgehead atoms. The summed E-state index contributed by atoms with van der Waals surface area (Å²) in [5.74, 6) is 1.31. The number of imidazole rings is 1. The van der Waals surface area contributed by atoms with Crippen LogP contribution in [-0.4, -0.2) is 15.0 Å². The first-order chi connectivity index (χ1) is 6.18. The number of aromatic nitrogens is 2. The molecule has 1 aromatic heterocycles. The highest BCUT2D eigenvalue weighted by atomic mass is 35.5. The van der Waals surface area contributed by atoms with Crippen LogP contribution in [0, 0.1) is 0 Å². The molecule has 0 fully saturated rings. The number of nitrogens with zero attached hydrogens (tertiary/aromatic N) is 3. The van der Waals surface area contributed by atoms with Crippen molar-refractivity contribution in [2.24, 2.45) is 5.10 Å². The molecule has 0 aliphatic carbocycles. The van der Waals surface area contributed by atoms with Gasteiger partial charge in [0.1, 0.15) is 5.82 Å². The first-order valence-corrected chi connectivity index (χ1v) is 4.61. The van der Waals surface area contributed by atoms with Crippen LogP contribution in [0.25, 0.3) is 0 Å². The molecular formula is C8H11ClN4. The highest BCUT2D eigenvalue weighted by Crippen LogP contribution is 2.17. The van der Waals surface area contributed by atoms with Gasteiger partial charge in [-0.2, -0.15) is 0 Å². The lowest BCUT2D eigenvalue weighted by molar-refractivity contribution is 0.645. The van der Waals surface area contributed by atoms with Gasteiger partial charge in [0.25, 0.3) is 0 Å². The van der Waals surface area contributed by atoms with E-state index in [0.717, 1.165) is 11.5 Å². The predicted octanol–water partition coefficient (Wildman–Crippen LogP) is 1.47. The van der Waals surface area contributed by atoms with Gasteiger partial charge in [0.05, 0.1) is 18.4 Å². The Labute approximate surface area is 81.6 Å². The van der Waals surface area contributed by atoms with Crippen molar-refractivity contribution in [3.8, 4) is 0 Å². The first-order valence-electron chi connectivity index (χ1n) is 4.23. The minimum Gasteiger partial charge on any atom is -0.353 e. The number of amidine groups is 1. The second-order valence-corrected chi connectivity index (χ2v) is 3.68. The van der Waals surface area contributed by atoms with E-state index < -0.39 is 0 Å². The standard InChI is InChI=1S/C8H11ClN4/c1-5(2)7-10-3-6-4-11-8(9)12-13(6)7/h3,5H,4H2,1-2H3,(H,11,12). The molecule has 0 aromatic carbocycles. The maximum atomic E-state index is 5.77. The molecule has 5 heteroatoms. The number of rotatable bonds is 1. The Hall–Kier alpha value is -1.03. The second kappa shape index (κ2) is 3.03. The van der Waals surface area contributed by atoms with Crippen LogP contribution in [0.1, 0.15) is 31.3 Å². The Bertz CT molecular complexity index is 353. The zero-order valence-electron chi connectivity index (χ0n) is 7.58. The number of hydrogen-bond acceptors (Lipinski definition) is 3. The fraction of sp³-hybridized carbons (Fsp3) is 0.500. The van der Waals surface area contributed by atoms with Gasteiger partial charge in [0, 0.05) is 5.92 Å². The van der Waals surface area contributed by atoms with E-state index in [-0.39, 0.29) is 0 Å². The average Bonchev–Trinajstić information content (AvgIpc) is 2.46. The molecule has 4 nitrogen and oxygen atoms in total. The Morgan fingerprint density at radius 3 is 3.08 bits per heavy atom. The fourth-order valence-electron chi connectivity index (χ4n) is 1.31. The monoisotopic (exact) mass is 198 g/mol. The molecule has 70 valence electrons.